The summed E-state index contributed by atoms with van der Waals surface area (Å²) in [6.45, 7) is 5.23. The summed E-state index contributed by atoms with van der Waals surface area (Å²) >= 11 is 5.65. The Balaban J connectivity index is 2.81. The number of rotatable bonds is 8. The van der Waals surface area contributed by atoms with E-state index in [1.165, 1.54) is 4.31 Å². The van der Waals surface area contributed by atoms with Crippen LogP contribution in [0.1, 0.15) is 46.0 Å². The first-order valence-electron chi connectivity index (χ1n) is 7.18. The van der Waals surface area contributed by atoms with Crippen molar-refractivity contribution >= 4 is 21.8 Å². The van der Waals surface area contributed by atoms with Crippen molar-refractivity contribution < 1.29 is 8.42 Å². The fourth-order valence-electron chi connectivity index (χ4n) is 2.56. The lowest BCUT2D eigenvalue weighted by atomic mass is 10.2. The van der Waals surface area contributed by atoms with Crippen LogP contribution in [0.4, 0.5) is 0 Å². The summed E-state index contributed by atoms with van der Waals surface area (Å²) in [6, 6.07) is 0.186. The maximum atomic E-state index is 12.7. The van der Waals surface area contributed by atoms with E-state index < -0.39 is 10.2 Å². The van der Waals surface area contributed by atoms with Gasteiger partial charge in [-0.3, -0.25) is 0 Å². The molecule has 0 N–H and O–H groups in total. The fourth-order valence-corrected chi connectivity index (χ4v) is 4.47. The van der Waals surface area contributed by atoms with Crippen LogP contribution in [0.3, 0.4) is 0 Å². The Labute approximate surface area is 123 Å². The molecule has 0 unspecified atom stereocenters. The standard InChI is InChI=1S/C13H27ClN2O2S/c1-12(2)11-16(13-7-4-5-8-13)19(17,18)15(3)10-6-9-14/h12-13H,4-11H2,1-3H3. The molecule has 1 rings (SSSR count). The average molecular weight is 311 g/mol. The van der Waals surface area contributed by atoms with Gasteiger partial charge in [0.25, 0.3) is 10.2 Å². The predicted molar refractivity (Wildman–Crippen MR) is 80.7 cm³/mol. The van der Waals surface area contributed by atoms with E-state index in [0.29, 0.717) is 31.3 Å². The molecule has 0 heterocycles. The molecule has 0 bridgehead atoms. The molecule has 1 aliphatic rings. The van der Waals surface area contributed by atoms with Gasteiger partial charge in [-0.15, -0.1) is 11.6 Å². The minimum absolute atomic E-state index is 0.186. The number of halogens is 1. The molecule has 1 saturated carbocycles. The number of nitrogens with zero attached hydrogens (tertiary/aromatic N) is 2. The largest absolute Gasteiger partial charge is 0.281 e. The van der Waals surface area contributed by atoms with Gasteiger partial charge in [0.05, 0.1) is 0 Å². The lowest BCUT2D eigenvalue weighted by Crippen LogP contribution is -2.48. The van der Waals surface area contributed by atoms with Crippen molar-refractivity contribution in [3.63, 3.8) is 0 Å². The minimum atomic E-state index is -3.34. The van der Waals surface area contributed by atoms with Gasteiger partial charge in [-0.1, -0.05) is 26.7 Å². The highest BCUT2D eigenvalue weighted by molar-refractivity contribution is 7.86. The maximum absolute atomic E-state index is 12.7. The quantitative estimate of drug-likeness (QED) is 0.647. The lowest BCUT2D eigenvalue weighted by Gasteiger charge is -2.33. The second-order valence-electron chi connectivity index (χ2n) is 5.77. The first-order valence-corrected chi connectivity index (χ1v) is 9.11. The molecule has 114 valence electrons. The SMILES string of the molecule is CC(C)CN(C1CCCC1)S(=O)(=O)N(C)CCCCl. The molecule has 0 atom stereocenters. The Morgan fingerprint density at radius 2 is 1.84 bits per heavy atom. The van der Waals surface area contributed by atoms with Gasteiger partial charge in [0.2, 0.25) is 0 Å². The van der Waals surface area contributed by atoms with Crippen LogP contribution < -0.4 is 0 Å². The monoisotopic (exact) mass is 310 g/mol. The van der Waals surface area contributed by atoms with Crippen molar-refractivity contribution in [1.29, 1.82) is 0 Å². The molecule has 1 fully saturated rings. The molecule has 0 spiro atoms. The molecule has 1 aliphatic carbocycles. The smallest absolute Gasteiger partial charge is 0.195 e. The highest BCUT2D eigenvalue weighted by Gasteiger charge is 2.34. The fraction of sp³-hybridized carbons (Fsp3) is 1.00. The van der Waals surface area contributed by atoms with E-state index in [1.807, 2.05) is 0 Å². The second-order valence-corrected chi connectivity index (χ2v) is 8.14. The van der Waals surface area contributed by atoms with Gasteiger partial charge in [-0.05, 0) is 25.2 Å². The molecule has 0 aromatic rings. The van der Waals surface area contributed by atoms with Crippen molar-refractivity contribution in [2.45, 2.75) is 52.0 Å². The van der Waals surface area contributed by atoms with Crippen molar-refractivity contribution in [2.24, 2.45) is 5.92 Å². The van der Waals surface area contributed by atoms with Crippen LogP contribution in [0, 0.1) is 5.92 Å². The van der Waals surface area contributed by atoms with E-state index in [4.69, 9.17) is 11.6 Å². The van der Waals surface area contributed by atoms with Gasteiger partial charge in [0.1, 0.15) is 0 Å². The van der Waals surface area contributed by atoms with Crippen LogP contribution in [0.2, 0.25) is 0 Å². The summed E-state index contributed by atoms with van der Waals surface area (Å²) in [5.74, 6) is 0.838. The summed E-state index contributed by atoms with van der Waals surface area (Å²) in [6.07, 6.45) is 4.96. The van der Waals surface area contributed by atoms with Crippen molar-refractivity contribution in [3.05, 3.63) is 0 Å². The van der Waals surface area contributed by atoms with Gasteiger partial charge in [-0.25, -0.2) is 0 Å². The third-order valence-electron chi connectivity index (χ3n) is 3.57. The Hall–Kier alpha value is 0.160. The number of hydrogen-bond acceptors (Lipinski definition) is 2. The Morgan fingerprint density at radius 3 is 2.32 bits per heavy atom. The number of hydrogen-bond donors (Lipinski definition) is 0. The van der Waals surface area contributed by atoms with E-state index in [1.54, 1.807) is 11.4 Å². The van der Waals surface area contributed by atoms with Crippen LogP contribution in [0.15, 0.2) is 0 Å². The molecule has 19 heavy (non-hydrogen) atoms. The average Bonchev–Trinajstić information content (AvgIpc) is 2.85. The van der Waals surface area contributed by atoms with Crippen molar-refractivity contribution in [2.75, 3.05) is 26.0 Å². The zero-order valence-electron chi connectivity index (χ0n) is 12.3. The molecular weight excluding hydrogens is 284 g/mol. The lowest BCUT2D eigenvalue weighted by molar-refractivity contribution is 0.270. The van der Waals surface area contributed by atoms with E-state index in [0.717, 1.165) is 25.7 Å². The normalized spacial score (nSPS) is 18.1. The Kier molecular flexibility index (Phi) is 7.08. The second kappa shape index (κ2) is 7.81. The van der Waals surface area contributed by atoms with Gasteiger partial charge in [0, 0.05) is 32.1 Å². The Morgan fingerprint density at radius 1 is 1.26 bits per heavy atom. The zero-order valence-corrected chi connectivity index (χ0v) is 13.9. The molecule has 0 saturated heterocycles. The van der Waals surface area contributed by atoms with Crippen LogP contribution in [0.5, 0.6) is 0 Å². The van der Waals surface area contributed by atoms with E-state index in [-0.39, 0.29) is 6.04 Å². The molecule has 0 aromatic carbocycles. The molecular formula is C13H27ClN2O2S. The van der Waals surface area contributed by atoms with Gasteiger partial charge < -0.3 is 0 Å². The van der Waals surface area contributed by atoms with Crippen LogP contribution in [-0.4, -0.2) is 49.1 Å². The van der Waals surface area contributed by atoms with E-state index in [9.17, 15) is 8.42 Å². The molecule has 0 radical (unpaired) electrons. The summed E-state index contributed by atoms with van der Waals surface area (Å²) in [4.78, 5) is 0. The Bertz CT molecular complexity index is 354. The predicted octanol–water partition coefficient (Wildman–Crippen LogP) is 2.69. The minimum Gasteiger partial charge on any atom is -0.195 e. The first kappa shape index (κ1) is 17.2. The van der Waals surface area contributed by atoms with Gasteiger partial charge in [-0.2, -0.15) is 17.0 Å². The molecule has 0 aromatic heterocycles. The van der Waals surface area contributed by atoms with Crippen LogP contribution in [0.25, 0.3) is 0 Å². The van der Waals surface area contributed by atoms with E-state index in [2.05, 4.69) is 13.8 Å². The highest BCUT2D eigenvalue weighted by atomic mass is 35.5. The van der Waals surface area contributed by atoms with Crippen LogP contribution >= 0.6 is 11.6 Å². The first-order chi connectivity index (χ1) is 8.89. The maximum Gasteiger partial charge on any atom is 0.281 e. The number of alkyl halides is 1. The van der Waals surface area contributed by atoms with E-state index >= 15 is 0 Å². The van der Waals surface area contributed by atoms with Gasteiger partial charge >= 0.3 is 0 Å². The third kappa shape index (κ3) is 4.88. The summed E-state index contributed by atoms with van der Waals surface area (Å²) in [5, 5.41) is 0. The van der Waals surface area contributed by atoms with Crippen molar-refractivity contribution in [1.82, 2.24) is 8.61 Å². The zero-order chi connectivity index (χ0) is 14.5. The summed E-state index contributed by atoms with van der Waals surface area (Å²) in [7, 11) is -1.69. The molecule has 0 aliphatic heterocycles. The highest BCUT2D eigenvalue weighted by Crippen LogP contribution is 2.27. The topological polar surface area (TPSA) is 40.6 Å². The molecule has 4 nitrogen and oxygen atoms in total. The van der Waals surface area contributed by atoms with Crippen molar-refractivity contribution in [3.8, 4) is 0 Å². The van der Waals surface area contributed by atoms with Crippen LogP contribution in [-0.2, 0) is 10.2 Å². The summed E-state index contributed by atoms with van der Waals surface area (Å²) < 4.78 is 28.5. The molecule has 6 heteroatoms. The molecule has 0 amide bonds. The van der Waals surface area contributed by atoms with Gasteiger partial charge in [0.15, 0.2) is 0 Å². The third-order valence-corrected chi connectivity index (χ3v) is 5.85. The summed E-state index contributed by atoms with van der Waals surface area (Å²) in [5.41, 5.74) is 0.